The van der Waals surface area contributed by atoms with Gasteiger partial charge in [-0.1, -0.05) is 23.4 Å². The highest BCUT2D eigenvalue weighted by Crippen LogP contribution is 2.20. The minimum Gasteiger partial charge on any atom is -0.323 e. The summed E-state index contributed by atoms with van der Waals surface area (Å²) >= 11 is 0. The topological polar surface area (TPSA) is 72.7 Å². The smallest absolute Gasteiger partial charge is 0.246 e. The van der Waals surface area contributed by atoms with Gasteiger partial charge in [-0.2, -0.15) is 0 Å². The molecule has 0 atom stereocenters. The standard InChI is InChI=1S/C14H13N5O/c1-10-8-19(18-17-10)9-13(20)16-12-6-2-4-11-5-3-7-15-14(11)12/h2-8H,9H2,1H3,(H,16,20). The van der Waals surface area contributed by atoms with Crippen molar-refractivity contribution in [2.45, 2.75) is 13.5 Å². The Kier molecular flexibility index (Phi) is 3.12. The van der Waals surface area contributed by atoms with E-state index in [1.165, 1.54) is 4.68 Å². The van der Waals surface area contributed by atoms with E-state index in [2.05, 4.69) is 20.6 Å². The predicted octanol–water partition coefficient (Wildman–Crippen LogP) is 1.77. The Labute approximate surface area is 115 Å². The van der Waals surface area contributed by atoms with Crippen molar-refractivity contribution in [3.05, 3.63) is 48.4 Å². The molecule has 100 valence electrons. The van der Waals surface area contributed by atoms with Crippen molar-refractivity contribution < 1.29 is 4.79 Å². The van der Waals surface area contributed by atoms with E-state index in [1.54, 1.807) is 12.4 Å². The van der Waals surface area contributed by atoms with Crippen molar-refractivity contribution in [3.8, 4) is 0 Å². The van der Waals surface area contributed by atoms with Gasteiger partial charge in [0.1, 0.15) is 6.54 Å². The zero-order valence-electron chi connectivity index (χ0n) is 10.9. The van der Waals surface area contributed by atoms with Gasteiger partial charge < -0.3 is 5.32 Å². The van der Waals surface area contributed by atoms with Gasteiger partial charge in [0.05, 0.1) is 16.9 Å². The summed E-state index contributed by atoms with van der Waals surface area (Å²) < 4.78 is 1.50. The Bertz CT molecular complexity index is 760. The highest BCUT2D eigenvalue weighted by atomic mass is 16.2. The Hall–Kier alpha value is -2.76. The molecule has 0 saturated heterocycles. The van der Waals surface area contributed by atoms with Gasteiger partial charge in [0.2, 0.25) is 5.91 Å². The van der Waals surface area contributed by atoms with Crippen LogP contribution in [0.25, 0.3) is 10.9 Å². The monoisotopic (exact) mass is 267 g/mol. The quantitative estimate of drug-likeness (QED) is 0.785. The van der Waals surface area contributed by atoms with Crippen molar-refractivity contribution in [1.29, 1.82) is 0 Å². The zero-order chi connectivity index (χ0) is 13.9. The number of nitrogens with zero attached hydrogens (tertiary/aromatic N) is 4. The molecule has 6 nitrogen and oxygen atoms in total. The number of hydrogen-bond donors (Lipinski definition) is 1. The van der Waals surface area contributed by atoms with Gasteiger partial charge in [-0.15, -0.1) is 5.10 Å². The third kappa shape index (κ3) is 2.49. The molecule has 2 aromatic heterocycles. The molecule has 0 unspecified atom stereocenters. The minimum absolute atomic E-state index is 0.129. The fraction of sp³-hybridized carbons (Fsp3) is 0.143. The summed E-state index contributed by atoms with van der Waals surface area (Å²) in [5.74, 6) is -0.159. The molecule has 0 aliphatic heterocycles. The summed E-state index contributed by atoms with van der Waals surface area (Å²) in [5.41, 5.74) is 2.26. The van der Waals surface area contributed by atoms with Gasteiger partial charge in [0.15, 0.2) is 0 Å². The van der Waals surface area contributed by atoms with Crippen LogP contribution in [0.3, 0.4) is 0 Å². The molecule has 20 heavy (non-hydrogen) atoms. The van der Waals surface area contributed by atoms with Gasteiger partial charge in [0, 0.05) is 17.8 Å². The predicted molar refractivity (Wildman–Crippen MR) is 75.1 cm³/mol. The van der Waals surface area contributed by atoms with Gasteiger partial charge >= 0.3 is 0 Å². The first-order chi connectivity index (χ1) is 9.72. The highest BCUT2D eigenvalue weighted by molar-refractivity contribution is 6.00. The molecule has 1 aromatic carbocycles. The number of fused-ring (bicyclic) bond motifs is 1. The Morgan fingerprint density at radius 1 is 1.30 bits per heavy atom. The Morgan fingerprint density at radius 3 is 2.95 bits per heavy atom. The SMILES string of the molecule is Cc1cn(CC(=O)Nc2cccc3cccnc23)nn1. The van der Waals surface area contributed by atoms with Crippen LogP contribution < -0.4 is 5.32 Å². The molecule has 3 rings (SSSR count). The number of carbonyl (C=O) groups excluding carboxylic acids is 1. The third-order valence-corrected chi connectivity index (χ3v) is 2.87. The van der Waals surface area contributed by atoms with Crippen molar-refractivity contribution >= 4 is 22.5 Å². The van der Waals surface area contributed by atoms with Gasteiger partial charge in [0.25, 0.3) is 0 Å². The molecule has 1 amide bonds. The second-order valence-corrected chi connectivity index (χ2v) is 4.49. The van der Waals surface area contributed by atoms with E-state index in [0.717, 1.165) is 16.6 Å². The van der Waals surface area contributed by atoms with Gasteiger partial charge in [-0.05, 0) is 19.1 Å². The summed E-state index contributed by atoms with van der Waals surface area (Å²) in [7, 11) is 0. The van der Waals surface area contributed by atoms with Crippen LogP contribution in [0.15, 0.2) is 42.7 Å². The number of aromatic nitrogens is 4. The van der Waals surface area contributed by atoms with Crippen LogP contribution in [0, 0.1) is 6.92 Å². The summed E-state index contributed by atoms with van der Waals surface area (Å²) in [5, 5.41) is 11.5. The van der Waals surface area contributed by atoms with Crippen LogP contribution in [0.4, 0.5) is 5.69 Å². The molecule has 0 bridgehead atoms. The molecule has 2 heterocycles. The number of amides is 1. The molecule has 0 aliphatic rings. The molecule has 3 aromatic rings. The number of benzene rings is 1. The number of carbonyl (C=O) groups is 1. The maximum Gasteiger partial charge on any atom is 0.246 e. The molecule has 0 aliphatic carbocycles. The van der Waals surface area contributed by atoms with Crippen molar-refractivity contribution in [3.63, 3.8) is 0 Å². The lowest BCUT2D eigenvalue weighted by atomic mass is 10.2. The molecule has 0 radical (unpaired) electrons. The summed E-state index contributed by atoms with van der Waals surface area (Å²) in [6.45, 7) is 1.96. The second kappa shape index (κ2) is 5.08. The van der Waals surface area contributed by atoms with Crippen LogP contribution in [0.1, 0.15) is 5.69 Å². The van der Waals surface area contributed by atoms with Crippen LogP contribution in [0.2, 0.25) is 0 Å². The lowest BCUT2D eigenvalue weighted by Gasteiger charge is -2.07. The number of para-hydroxylation sites is 1. The third-order valence-electron chi connectivity index (χ3n) is 2.87. The van der Waals surface area contributed by atoms with Crippen molar-refractivity contribution in [1.82, 2.24) is 20.0 Å². The number of rotatable bonds is 3. The Morgan fingerprint density at radius 2 is 2.15 bits per heavy atom. The molecular formula is C14H13N5O. The van der Waals surface area contributed by atoms with E-state index in [-0.39, 0.29) is 12.5 Å². The molecule has 0 saturated carbocycles. The van der Waals surface area contributed by atoms with E-state index in [0.29, 0.717) is 5.69 Å². The first-order valence-corrected chi connectivity index (χ1v) is 6.23. The number of pyridine rings is 1. The maximum absolute atomic E-state index is 12.0. The average Bonchev–Trinajstić information content (AvgIpc) is 2.84. The molecule has 0 fully saturated rings. The van der Waals surface area contributed by atoms with Crippen molar-refractivity contribution in [2.75, 3.05) is 5.32 Å². The normalized spacial score (nSPS) is 10.7. The molecular weight excluding hydrogens is 254 g/mol. The average molecular weight is 267 g/mol. The molecule has 1 N–H and O–H groups in total. The van der Waals surface area contributed by atoms with Crippen LogP contribution in [-0.2, 0) is 11.3 Å². The van der Waals surface area contributed by atoms with Crippen molar-refractivity contribution in [2.24, 2.45) is 0 Å². The molecule has 6 heteroatoms. The summed E-state index contributed by atoms with van der Waals surface area (Å²) in [6, 6.07) is 9.50. The number of hydrogen-bond acceptors (Lipinski definition) is 4. The zero-order valence-corrected chi connectivity index (χ0v) is 10.9. The largest absolute Gasteiger partial charge is 0.323 e. The second-order valence-electron chi connectivity index (χ2n) is 4.49. The summed E-state index contributed by atoms with van der Waals surface area (Å²) in [4.78, 5) is 16.3. The van der Waals surface area contributed by atoms with Gasteiger partial charge in [-0.25, -0.2) is 4.68 Å². The van der Waals surface area contributed by atoms with E-state index in [4.69, 9.17) is 0 Å². The van der Waals surface area contributed by atoms with E-state index < -0.39 is 0 Å². The lowest BCUT2D eigenvalue weighted by Crippen LogP contribution is -2.19. The van der Waals surface area contributed by atoms with E-state index >= 15 is 0 Å². The number of nitrogens with one attached hydrogen (secondary N) is 1. The molecule has 0 spiro atoms. The fourth-order valence-corrected chi connectivity index (χ4v) is 2.01. The lowest BCUT2D eigenvalue weighted by molar-refractivity contribution is -0.116. The first kappa shape index (κ1) is 12.3. The van der Waals surface area contributed by atoms with Crippen LogP contribution in [-0.4, -0.2) is 25.9 Å². The Balaban J connectivity index is 1.81. The summed E-state index contributed by atoms with van der Waals surface area (Å²) in [6.07, 6.45) is 3.43. The highest BCUT2D eigenvalue weighted by Gasteiger charge is 2.08. The maximum atomic E-state index is 12.0. The van der Waals surface area contributed by atoms with E-state index in [9.17, 15) is 4.79 Å². The minimum atomic E-state index is -0.159. The fourth-order valence-electron chi connectivity index (χ4n) is 2.01. The first-order valence-electron chi connectivity index (χ1n) is 6.23. The van der Waals surface area contributed by atoms with Gasteiger partial charge in [-0.3, -0.25) is 9.78 Å². The van der Waals surface area contributed by atoms with E-state index in [1.807, 2.05) is 37.3 Å². The van der Waals surface area contributed by atoms with Crippen LogP contribution >= 0.6 is 0 Å². The van der Waals surface area contributed by atoms with Crippen LogP contribution in [0.5, 0.6) is 0 Å². The number of anilines is 1. The number of aryl methyl sites for hydroxylation is 1.